The Labute approximate surface area is 153 Å². The van der Waals surface area contributed by atoms with Gasteiger partial charge in [0.05, 0.1) is 0 Å². The minimum absolute atomic E-state index is 0.102. The summed E-state index contributed by atoms with van der Waals surface area (Å²) in [5, 5.41) is 0.187. The molecule has 3 nitrogen and oxygen atoms in total. The number of ether oxygens (including phenoxy) is 1. The van der Waals surface area contributed by atoms with Gasteiger partial charge in [0.2, 0.25) is 0 Å². The van der Waals surface area contributed by atoms with Gasteiger partial charge in [0.1, 0.15) is 0 Å². The Morgan fingerprint density at radius 3 is 2.33 bits per heavy atom. The van der Waals surface area contributed by atoms with E-state index in [0.29, 0.717) is 26.0 Å². The van der Waals surface area contributed by atoms with E-state index >= 15 is 0 Å². The molecule has 0 aromatic rings. The van der Waals surface area contributed by atoms with E-state index in [0.717, 1.165) is 13.5 Å². The molecular formula is C17H36B2O3PSi. The van der Waals surface area contributed by atoms with E-state index in [-0.39, 0.29) is 23.4 Å². The van der Waals surface area contributed by atoms with Crippen molar-refractivity contribution < 1.29 is 13.9 Å². The van der Waals surface area contributed by atoms with Gasteiger partial charge in [0, 0.05) is 0 Å². The molecule has 24 heavy (non-hydrogen) atoms. The zero-order valence-electron chi connectivity index (χ0n) is 17.1. The molecule has 1 aliphatic rings. The Bertz CT molecular complexity index is 417. The molecule has 1 rings (SSSR count). The average molecular weight is 369 g/mol. The van der Waals surface area contributed by atoms with Crippen molar-refractivity contribution in [3.05, 3.63) is 0 Å². The predicted octanol–water partition coefficient (Wildman–Crippen LogP) is 4.48. The molecule has 1 aliphatic heterocycles. The fraction of sp³-hybridized carbons (Fsp3) is 1.00. The molecule has 0 amide bonds. The summed E-state index contributed by atoms with van der Waals surface area (Å²) in [5.41, 5.74) is 0.371. The Balaban J connectivity index is 3.01. The van der Waals surface area contributed by atoms with Gasteiger partial charge in [-0.15, -0.1) is 0 Å². The number of hydrogen-bond acceptors (Lipinski definition) is 3. The van der Waals surface area contributed by atoms with Crippen LogP contribution < -0.4 is 0 Å². The predicted molar refractivity (Wildman–Crippen MR) is 109 cm³/mol. The molecule has 0 bridgehead atoms. The average Bonchev–Trinajstić information content (AvgIpc) is 2.48. The van der Waals surface area contributed by atoms with Crippen LogP contribution in [-0.2, 0) is 13.9 Å². The Morgan fingerprint density at radius 2 is 1.88 bits per heavy atom. The summed E-state index contributed by atoms with van der Waals surface area (Å²) in [6.45, 7) is 22.2. The van der Waals surface area contributed by atoms with Crippen molar-refractivity contribution in [2.24, 2.45) is 11.8 Å². The van der Waals surface area contributed by atoms with Crippen LogP contribution in [0.5, 0.6) is 0 Å². The molecule has 7 heteroatoms. The summed E-state index contributed by atoms with van der Waals surface area (Å²) < 4.78 is 24.1. The first kappa shape index (κ1) is 22.5. The molecular weight excluding hydrogens is 333 g/mol. The van der Waals surface area contributed by atoms with Gasteiger partial charge in [0.15, 0.2) is 0 Å². The molecule has 4 unspecified atom stereocenters. The quantitative estimate of drug-likeness (QED) is 0.491. The summed E-state index contributed by atoms with van der Waals surface area (Å²) >= 11 is 0. The van der Waals surface area contributed by atoms with Gasteiger partial charge in [-0.2, -0.15) is 0 Å². The van der Waals surface area contributed by atoms with Gasteiger partial charge in [-0.05, 0) is 0 Å². The second kappa shape index (κ2) is 8.93. The Kier molecular flexibility index (Phi) is 8.38. The van der Waals surface area contributed by atoms with E-state index in [1.165, 1.54) is 0 Å². The van der Waals surface area contributed by atoms with Crippen LogP contribution in [0, 0.1) is 11.8 Å². The molecule has 137 valence electrons. The van der Waals surface area contributed by atoms with E-state index in [4.69, 9.17) is 9.16 Å². The fourth-order valence-electron chi connectivity index (χ4n) is 3.18. The number of rotatable bonds is 7. The zero-order valence-corrected chi connectivity index (χ0v) is 19.1. The van der Waals surface area contributed by atoms with Crippen molar-refractivity contribution in [3.63, 3.8) is 0 Å². The van der Waals surface area contributed by atoms with Gasteiger partial charge in [-0.1, -0.05) is 0 Å². The molecule has 1 radical (unpaired) electrons. The Morgan fingerprint density at radius 1 is 1.29 bits per heavy atom. The number of hydrogen-bond donors (Lipinski definition) is 0. The van der Waals surface area contributed by atoms with Gasteiger partial charge in [-0.25, -0.2) is 0 Å². The molecule has 1 saturated heterocycles. The van der Waals surface area contributed by atoms with Gasteiger partial charge in [-0.3, -0.25) is 0 Å². The van der Waals surface area contributed by atoms with E-state index < -0.39 is 8.32 Å². The second-order valence-corrected chi connectivity index (χ2v) is 15.0. The molecule has 0 aliphatic carbocycles. The van der Waals surface area contributed by atoms with Crippen molar-refractivity contribution in [3.8, 4) is 0 Å². The van der Waals surface area contributed by atoms with E-state index in [1.807, 2.05) is 0 Å². The summed E-state index contributed by atoms with van der Waals surface area (Å²) in [6.07, 6.45) is 1.53. The van der Waals surface area contributed by atoms with Crippen LogP contribution in [0.15, 0.2) is 0 Å². The molecule has 0 spiro atoms. The SMILES string of the molecule is CC[C@H](C)C1OC(C)C(O[Si](C)(C)C(C)(C)C)[C@@H](C)[C@@H]1P[B]B=O. The third-order valence-corrected chi connectivity index (χ3v) is 12.1. The summed E-state index contributed by atoms with van der Waals surface area (Å²) in [4.78, 5) is 0. The van der Waals surface area contributed by atoms with Crippen molar-refractivity contribution in [2.75, 3.05) is 0 Å². The molecule has 0 aromatic heterocycles. The standard InChI is InChI=1S/C17H36B2O3PSi/c1-10-11(2)14-16(23-19-18-20)12(3)15(13(4)21-14)22-24(8,9)17(5,6)7/h11-16,23H,10H2,1-9H3/t11-,12+,13?,14?,15?,16-/m0/s1. The topological polar surface area (TPSA) is 35.5 Å². The maximum atomic E-state index is 10.9. The molecule has 0 saturated carbocycles. The fourth-order valence-corrected chi connectivity index (χ4v) is 6.01. The molecule has 7 atom stereocenters. The van der Waals surface area contributed by atoms with Crippen LogP contribution in [0.3, 0.4) is 0 Å². The normalized spacial score (nSPS) is 33.5. The summed E-state index contributed by atoms with van der Waals surface area (Å²) in [7, 11) is -0.416. The maximum absolute atomic E-state index is 10.9. The monoisotopic (exact) mass is 369 g/mol. The first-order chi connectivity index (χ1) is 11.0. The molecule has 1 heterocycles. The van der Waals surface area contributed by atoms with Gasteiger partial charge < -0.3 is 0 Å². The van der Waals surface area contributed by atoms with Crippen molar-refractivity contribution >= 4 is 30.7 Å². The first-order valence-electron chi connectivity index (χ1n) is 9.32. The van der Waals surface area contributed by atoms with E-state index in [2.05, 4.69) is 61.6 Å². The van der Waals surface area contributed by atoms with Crippen LogP contribution in [0.2, 0.25) is 18.1 Å². The zero-order chi connectivity index (χ0) is 18.7. The van der Waals surface area contributed by atoms with Crippen LogP contribution in [0.4, 0.5) is 0 Å². The third-order valence-electron chi connectivity index (χ3n) is 6.07. The van der Waals surface area contributed by atoms with Crippen molar-refractivity contribution in [1.29, 1.82) is 0 Å². The van der Waals surface area contributed by atoms with Crippen LogP contribution in [0.1, 0.15) is 54.9 Å². The summed E-state index contributed by atoms with van der Waals surface area (Å²) in [6, 6.07) is 0. The van der Waals surface area contributed by atoms with E-state index in [9.17, 15) is 4.70 Å². The van der Waals surface area contributed by atoms with E-state index in [1.54, 1.807) is 6.89 Å². The summed E-state index contributed by atoms with van der Waals surface area (Å²) in [5.74, 6) is 0.901. The van der Waals surface area contributed by atoms with Crippen LogP contribution in [-0.4, -0.2) is 46.2 Å². The van der Waals surface area contributed by atoms with Gasteiger partial charge in [0.25, 0.3) is 0 Å². The molecule has 1 fully saturated rings. The molecule has 0 N–H and O–H groups in total. The second-order valence-electron chi connectivity index (χ2n) is 8.89. The van der Waals surface area contributed by atoms with Crippen LogP contribution in [0.25, 0.3) is 0 Å². The van der Waals surface area contributed by atoms with Crippen LogP contribution >= 0.6 is 8.46 Å². The molecule has 0 aromatic carbocycles. The first-order valence-corrected chi connectivity index (χ1v) is 13.4. The Hall–Kier alpha value is 0.497. The van der Waals surface area contributed by atoms with Crippen molar-refractivity contribution in [1.82, 2.24) is 0 Å². The van der Waals surface area contributed by atoms with Gasteiger partial charge >= 0.3 is 153 Å². The minimum atomic E-state index is -1.85. The third kappa shape index (κ3) is 5.25. The van der Waals surface area contributed by atoms with Crippen molar-refractivity contribution in [2.45, 2.75) is 97.0 Å².